The number of carbonyl (C=O) groups is 1. The number of fused-ring (bicyclic) bond motifs is 1. The van der Waals surface area contributed by atoms with Gasteiger partial charge in [0.25, 0.3) is 0 Å². The Balaban J connectivity index is 1.51. The Labute approximate surface area is 142 Å². The van der Waals surface area contributed by atoms with Gasteiger partial charge in [-0.05, 0) is 37.8 Å². The lowest BCUT2D eigenvalue weighted by molar-refractivity contribution is -0.139. The van der Waals surface area contributed by atoms with Crippen molar-refractivity contribution in [3.63, 3.8) is 0 Å². The Morgan fingerprint density at radius 3 is 2.79 bits per heavy atom. The highest BCUT2D eigenvalue weighted by Crippen LogP contribution is 2.33. The van der Waals surface area contributed by atoms with Gasteiger partial charge in [0.1, 0.15) is 12.4 Å². The molecule has 128 valence electrons. The zero-order chi connectivity index (χ0) is 16.5. The van der Waals surface area contributed by atoms with Gasteiger partial charge in [-0.3, -0.25) is 4.79 Å². The monoisotopic (exact) mass is 327 g/mol. The Morgan fingerprint density at radius 1 is 1.21 bits per heavy atom. The number of aromatic nitrogens is 2. The summed E-state index contributed by atoms with van der Waals surface area (Å²) >= 11 is 0. The standard InChI is InChI=1S/C19H25N3O2/c1-21-16-10-5-4-9-15(16)20-19(21)17-11-6-12-22(17)18(23)13-24-14-7-2-3-8-14/h4-5,9-10,14,17H,2-3,6-8,11-13H2,1H3/t17-/m1/s1. The third-order valence-corrected chi connectivity index (χ3v) is 5.44. The van der Waals surface area contributed by atoms with Gasteiger partial charge in [0.15, 0.2) is 0 Å². The van der Waals surface area contributed by atoms with Gasteiger partial charge in [-0.1, -0.05) is 25.0 Å². The first-order valence-corrected chi connectivity index (χ1v) is 9.06. The number of nitrogens with zero attached hydrogens (tertiary/aromatic N) is 3. The second-order valence-electron chi connectivity index (χ2n) is 6.98. The molecule has 0 bridgehead atoms. The van der Waals surface area contributed by atoms with Crippen LogP contribution >= 0.6 is 0 Å². The van der Waals surface area contributed by atoms with Crippen molar-refractivity contribution in [2.75, 3.05) is 13.2 Å². The molecule has 0 unspecified atom stereocenters. The molecule has 1 atom stereocenters. The van der Waals surface area contributed by atoms with Crippen molar-refractivity contribution < 1.29 is 9.53 Å². The number of imidazole rings is 1. The number of carbonyl (C=O) groups excluding carboxylic acids is 1. The van der Waals surface area contributed by atoms with Gasteiger partial charge in [-0.2, -0.15) is 0 Å². The molecular weight excluding hydrogens is 302 g/mol. The minimum Gasteiger partial charge on any atom is -0.368 e. The maximum Gasteiger partial charge on any atom is 0.249 e. The Hall–Kier alpha value is -1.88. The second-order valence-corrected chi connectivity index (χ2v) is 6.98. The molecule has 1 saturated heterocycles. The topological polar surface area (TPSA) is 47.4 Å². The van der Waals surface area contributed by atoms with E-state index in [2.05, 4.69) is 10.6 Å². The molecule has 0 spiro atoms. The van der Waals surface area contributed by atoms with Crippen LogP contribution in [0.3, 0.4) is 0 Å². The summed E-state index contributed by atoms with van der Waals surface area (Å²) in [5, 5.41) is 0. The summed E-state index contributed by atoms with van der Waals surface area (Å²) in [4.78, 5) is 19.4. The summed E-state index contributed by atoms with van der Waals surface area (Å²) in [6.07, 6.45) is 6.94. The highest BCUT2D eigenvalue weighted by Gasteiger charge is 2.33. The number of para-hydroxylation sites is 2. The Morgan fingerprint density at radius 2 is 2.00 bits per heavy atom. The number of aryl methyl sites for hydroxylation is 1. The van der Waals surface area contributed by atoms with Crippen molar-refractivity contribution >= 4 is 16.9 Å². The van der Waals surface area contributed by atoms with Crippen LogP contribution in [0.5, 0.6) is 0 Å². The summed E-state index contributed by atoms with van der Waals surface area (Å²) in [5.74, 6) is 1.10. The highest BCUT2D eigenvalue weighted by atomic mass is 16.5. The lowest BCUT2D eigenvalue weighted by Gasteiger charge is -2.25. The fourth-order valence-corrected chi connectivity index (χ4v) is 4.12. The molecule has 0 N–H and O–H groups in total. The quantitative estimate of drug-likeness (QED) is 0.866. The fraction of sp³-hybridized carbons (Fsp3) is 0.579. The number of ether oxygens (including phenoxy) is 1. The van der Waals surface area contributed by atoms with Gasteiger partial charge in [0.05, 0.1) is 23.2 Å². The lowest BCUT2D eigenvalue weighted by atomic mass is 10.2. The zero-order valence-corrected chi connectivity index (χ0v) is 14.3. The molecule has 2 aromatic rings. The summed E-state index contributed by atoms with van der Waals surface area (Å²) in [7, 11) is 2.04. The van der Waals surface area contributed by atoms with Gasteiger partial charge in [-0.15, -0.1) is 0 Å². The average Bonchev–Trinajstić information content (AvgIpc) is 3.33. The SMILES string of the molecule is Cn1c([C@H]2CCCN2C(=O)COC2CCCC2)nc2ccccc21. The van der Waals surface area contributed by atoms with E-state index in [-0.39, 0.29) is 24.7 Å². The lowest BCUT2D eigenvalue weighted by Crippen LogP contribution is -2.35. The molecule has 5 heteroatoms. The molecule has 24 heavy (non-hydrogen) atoms. The molecule has 5 nitrogen and oxygen atoms in total. The molecule has 2 fully saturated rings. The van der Waals surface area contributed by atoms with E-state index in [4.69, 9.17) is 9.72 Å². The van der Waals surface area contributed by atoms with Crippen molar-refractivity contribution in [3.8, 4) is 0 Å². The molecular formula is C19H25N3O2. The van der Waals surface area contributed by atoms with Crippen LogP contribution in [0, 0.1) is 0 Å². The van der Waals surface area contributed by atoms with Crippen molar-refractivity contribution in [1.82, 2.24) is 14.5 Å². The van der Waals surface area contributed by atoms with Crippen LogP contribution in [0.4, 0.5) is 0 Å². The van der Waals surface area contributed by atoms with Crippen LogP contribution in [0.2, 0.25) is 0 Å². The molecule has 1 aliphatic carbocycles. The largest absolute Gasteiger partial charge is 0.368 e. The third kappa shape index (κ3) is 2.81. The van der Waals surface area contributed by atoms with Crippen molar-refractivity contribution in [3.05, 3.63) is 30.1 Å². The van der Waals surface area contributed by atoms with E-state index in [1.165, 1.54) is 12.8 Å². The summed E-state index contributed by atoms with van der Waals surface area (Å²) in [5.41, 5.74) is 2.12. The number of amides is 1. The first-order valence-electron chi connectivity index (χ1n) is 9.06. The number of rotatable bonds is 4. The number of benzene rings is 1. The zero-order valence-electron chi connectivity index (χ0n) is 14.3. The Bertz CT molecular complexity index is 733. The molecule has 2 aliphatic rings. The smallest absolute Gasteiger partial charge is 0.249 e. The van der Waals surface area contributed by atoms with E-state index in [9.17, 15) is 4.79 Å². The summed E-state index contributed by atoms with van der Waals surface area (Å²) < 4.78 is 7.96. The summed E-state index contributed by atoms with van der Waals surface area (Å²) in [6.45, 7) is 1.02. The molecule has 2 heterocycles. The van der Waals surface area contributed by atoms with Gasteiger partial charge in [0, 0.05) is 13.6 Å². The first-order chi connectivity index (χ1) is 11.7. The van der Waals surface area contributed by atoms with Crippen LogP contribution in [0.15, 0.2) is 24.3 Å². The van der Waals surface area contributed by atoms with E-state index in [0.717, 1.165) is 49.1 Å². The number of likely N-dealkylation sites (tertiary alicyclic amines) is 1. The van der Waals surface area contributed by atoms with E-state index >= 15 is 0 Å². The first kappa shape index (κ1) is 15.6. The highest BCUT2D eigenvalue weighted by molar-refractivity contribution is 5.79. The molecule has 1 saturated carbocycles. The maximum atomic E-state index is 12.7. The van der Waals surface area contributed by atoms with Gasteiger partial charge in [-0.25, -0.2) is 4.98 Å². The van der Waals surface area contributed by atoms with Gasteiger partial charge < -0.3 is 14.2 Å². The van der Waals surface area contributed by atoms with Gasteiger partial charge >= 0.3 is 0 Å². The second kappa shape index (κ2) is 6.55. The normalized spacial score (nSPS) is 21.9. The van der Waals surface area contributed by atoms with Crippen molar-refractivity contribution in [2.45, 2.75) is 50.7 Å². The maximum absolute atomic E-state index is 12.7. The van der Waals surface area contributed by atoms with Crippen molar-refractivity contribution in [1.29, 1.82) is 0 Å². The van der Waals surface area contributed by atoms with Crippen molar-refractivity contribution in [2.24, 2.45) is 7.05 Å². The average molecular weight is 327 g/mol. The molecule has 1 amide bonds. The van der Waals surface area contributed by atoms with E-state index < -0.39 is 0 Å². The molecule has 1 aromatic carbocycles. The summed E-state index contributed by atoms with van der Waals surface area (Å²) in [6, 6.07) is 8.22. The van der Waals surface area contributed by atoms with E-state index in [1.54, 1.807) is 0 Å². The fourth-order valence-electron chi connectivity index (χ4n) is 4.12. The minimum atomic E-state index is 0.0714. The predicted octanol–water partition coefficient (Wildman–Crippen LogP) is 3.20. The van der Waals surface area contributed by atoms with E-state index in [0.29, 0.717) is 0 Å². The third-order valence-electron chi connectivity index (χ3n) is 5.44. The molecule has 1 aromatic heterocycles. The van der Waals surface area contributed by atoms with Crippen LogP contribution in [-0.4, -0.2) is 39.6 Å². The Kier molecular flexibility index (Phi) is 4.27. The number of hydrogen-bond donors (Lipinski definition) is 0. The van der Waals surface area contributed by atoms with Crippen LogP contribution in [-0.2, 0) is 16.6 Å². The molecule has 0 radical (unpaired) electrons. The number of hydrogen-bond acceptors (Lipinski definition) is 3. The molecule has 1 aliphatic heterocycles. The predicted molar refractivity (Wildman–Crippen MR) is 92.6 cm³/mol. The van der Waals surface area contributed by atoms with Crippen LogP contribution < -0.4 is 0 Å². The van der Waals surface area contributed by atoms with Crippen LogP contribution in [0.1, 0.15) is 50.4 Å². The van der Waals surface area contributed by atoms with E-state index in [1.807, 2.05) is 30.1 Å². The minimum absolute atomic E-state index is 0.0714. The van der Waals surface area contributed by atoms with Crippen LogP contribution in [0.25, 0.3) is 11.0 Å². The van der Waals surface area contributed by atoms with Gasteiger partial charge in [0.2, 0.25) is 5.91 Å². The molecule has 4 rings (SSSR count).